The van der Waals surface area contributed by atoms with E-state index in [1.165, 1.54) is 18.3 Å². The van der Waals surface area contributed by atoms with Crippen molar-refractivity contribution in [3.63, 3.8) is 0 Å². The Morgan fingerprint density at radius 3 is 2.69 bits per heavy atom. The number of nitrogens with one attached hydrogen (secondary N) is 2. The summed E-state index contributed by atoms with van der Waals surface area (Å²) in [5.41, 5.74) is 0. The maximum Gasteiger partial charge on any atom is 0.309 e. The van der Waals surface area contributed by atoms with Crippen LogP contribution in [-0.4, -0.2) is 29.6 Å². The molecule has 2 amide bonds. The van der Waals surface area contributed by atoms with Crippen LogP contribution in [0.5, 0.6) is 0 Å². The van der Waals surface area contributed by atoms with Crippen molar-refractivity contribution >= 4 is 23.2 Å². The molecule has 1 heterocycles. The SMILES string of the molecule is C[C@@H](O)CNC(=O)C(=O)NCc1cccs1. The second-order valence-corrected chi connectivity index (χ2v) is 4.35. The molecule has 88 valence electrons. The maximum absolute atomic E-state index is 11.3. The molecule has 0 aliphatic rings. The Hall–Kier alpha value is -1.40. The van der Waals surface area contributed by atoms with Gasteiger partial charge in [-0.25, -0.2) is 0 Å². The van der Waals surface area contributed by atoms with Crippen LogP contribution in [0.1, 0.15) is 11.8 Å². The number of aliphatic hydroxyl groups excluding tert-OH is 1. The molecule has 0 aromatic carbocycles. The molecular formula is C10H14N2O3S. The molecule has 0 saturated heterocycles. The summed E-state index contributed by atoms with van der Waals surface area (Å²) in [7, 11) is 0. The highest BCUT2D eigenvalue weighted by atomic mass is 32.1. The number of amides is 2. The van der Waals surface area contributed by atoms with Crippen LogP contribution in [0.2, 0.25) is 0 Å². The van der Waals surface area contributed by atoms with Crippen molar-refractivity contribution in [1.82, 2.24) is 10.6 Å². The average Bonchev–Trinajstić information content (AvgIpc) is 2.75. The Morgan fingerprint density at radius 2 is 2.12 bits per heavy atom. The fourth-order valence-corrected chi connectivity index (χ4v) is 1.63. The molecule has 0 aliphatic carbocycles. The Morgan fingerprint density at radius 1 is 1.44 bits per heavy atom. The van der Waals surface area contributed by atoms with Gasteiger partial charge in [-0.05, 0) is 18.4 Å². The predicted octanol–water partition coefficient (Wildman–Crippen LogP) is -0.139. The Kier molecular flexibility index (Phi) is 4.94. The molecule has 0 bridgehead atoms. The van der Waals surface area contributed by atoms with E-state index in [-0.39, 0.29) is 6.54 Å². The Balaban J connectivity index is 2.26. The summed E-state index contributed by atoms with van der Waals surface area (Å²) in [6.07, 6.45) is -0.658. The molecule has 0 spiro atoms. The second-order valence-electron chi connectivity index (χ2n) is 3.32. The molecule has 0 aliphatic heterocycles. The molecule has 0 fully saturated rings. The Labute approximate surface area is 97.5 Å². The number of aliphatic hydroxyl groups is 1. The fraction of sp³-hybridized carbons (Fsp3) is 0.400. The summed E-state index contributed by atoms with van der Waals surface area (Å²) >= 11 is 1.51. The van der Waals surface area contributed by atoms with Crippen LogP contribution >= 0.6 is 11.3 Å². The lowest BCUT2D eigenvalue weighted by atomic mass is 10.4. The van der Waals surface area contributed by atoms with Gasteiger partial charge in [-0.1, -0.05) is 6.07 Å². The van der Waals surface area contributed by atoms with Crippen molar-refractivity contribution in [2.24, 2.45) is 0 Å². The lowest BCUT2D eigenvalue weighted by Crippen LogP contribution is -2.41. The summed E-state index contributed by atoms with van der Waals surface area (Å²) < 4.78 is 0. The van der Waals surface area contributed by atoms with E-state index in [2.05, 4.69) is 10.6 Å². The molecule has 1 atom stereocenters. The topological polar surface area (TPSA) is 78.4 Å². The zero-order valence-corrected chi connectivity index (χ0v) is 9.71. The lowest BCUT2D eigenvalue weighted by Gasteiger charge is -2.06. The van der Waals surface area contributed by atoms with Crippen LogP contribution < -0.4 is 10.6 Å². The summed E-state index contributed by atoms with van der Waals surface area (Å²) in [5.74, 6) is -1.41. The van der Waals surface area contributed by atoms with Crippen LogP contribution in [0, 0.1) is 0 Å². The third-order valence-electron chi connectivity index (χ3n) is 1.77. The number of hydrogen-bond donors (Lipinski definition) is 3. The number of thiophene rings is 1. The quantitative estimate of drug-likeness (QED) is 0.643. The van der Waals surface area contributed by atoms with Gasteiger partial charge in [0.05, 0.1) is 12.6 Å². The molecule has 1 aromatic rings. The van der Waals surface area contributed by atoms with Crippen LogP contribution in [0.3, 0.4) is 0 Å². The number of hydrogen-bond acceptors (Lipinski definition) is 4. The molecule has 0 saturated carbocycles. The monoisotopic (exact) mass is 242 g/mol. The summed E-state index contributed by atoms with van der Waals surface area (Å²) in [6, 6.07) is 3.75. The van der Waals surface area contributed by atoms with Crippen molar-refractivity contribution < 1.29 is 14.7 Å². The van der Waals surface area contributed by atoms with Gasteiger partial charge in [0.2, 0.25) is 0 Å². The van der Waals surface area contributed by atoms with Crippen molar-refractivity contribution in [1.29, 1.82) is 0 Å². The van der Waals surface area contributed by atoms with Crippen molar-refractivity contribution in [2.45, 2.75) is 19.6 Å². The standard InChI is InChI=1S/C10H14N2O3S/c1-7(13)5-11-9(14)10(15)12-6-8-3-2-4-16-8/h2-4,7,13H,5-6H2,1H3,(H,11,14)(H,12,15)/t7-/m1/s1. The third-order valence-corrected chi connectivity index (χ3v) is 2.64. The van der Waals surface area contributed by atoms with Gasteiger partial charge in [-0.15, -0.1) is 11.3 Å². The largest absolute Gasteiger partial charge is 0.392 e. The molecule has 3 N–H and O–H groups in total. The predicted molar refractivity (Wildman–Crippen MR) is 60.9 cm³/mol. The molecule has 0 unspecified atom stereocenters. The Bertz CT molecular complexity index is 349. The van der Waals surface area contributed by atoms with Crippen molar-refractivity contribution in [2.75, 3.05) is 6.54 Å². The van der Waals surface area contributed by atoms with E-state index in [1.54, 1.807) is 0 Å². The first-order valence-electron chi connectivity index (χ1n) is 4.86. The normalized spacial score (nSPS) is 11.9. The first kappa shape index (κ1) is 12.7. The minimum Gasteiger partial charge on any atom is -0.392 e. The van der Waals surface area contributed by atoms with E-state index < -0.39 is 17.9 Å². The number of rotatable bonds is 4. The van der Waals surface area contributed by atoms with Gasteiger partial charge in [0.25, 0.3) is 0 Å². The van der Waals surface area contributed by atoms with Gasteiger partial charge in [-0.3, -0.25) is 9.59 Å². The highest BCUT2D eigenvalue weighted by Gasteiger charge is 2.13. The highest BCUT2D eigenvalue weighted by molar-refractivity contribution is 7.09. The van der Waals surface area contributed by atoms with E-state index in [4.69, 9.17) is 5.11 Å². The van der Waals surface area contributed by atoms with Crippen LogP contribution in [0.15, 0.2) is 17.5 Å². The first-order chi connectivity index (χ1) is 7.59. The molecule has 6 heteroatoms. The maximum atomic E-state index is 11.3. The fourth-order valence-electron chi connectivity index (χ4n) is 0.982. The third kappa shape index (κ3) is 4.41. The van der Waals surface area contributed by atoms with Gasteiger partial charge in [-0.2, -0.15) is 0 Å². The van der Waals surface area contributed by atoms with Crippen LogP contribution in [-0.2, 0) is 16.1 Å². The summed E-state index contributed by atoms with van der Waals surface area (Å²) in [6.45, 7) is 1.95. The smallest absolute Gasteiger partial charge is 0.309 e. The molecular weight excluding hydrogens is 228 g/mol. The minimum atomic E-state index is -0.725. The number of carbonyl (C=O) groups excluding carboxylic acids is 2. The van der Waals surface area contributed by atoms with Gasteiger partial charge >= 0.3 is 11.8 Å². The average molecular weight is 242 g/mol. The second kappa shape index (κ2) is 6.24. The van der Waals surface area contributed by atoms with Gasteiger partial charge in [0.15, 0.2) is 0 Å². The van der Waals surface area contributed by atoms with Crippen LogP contribution in [0.4, 0.5) is 0 Å². The summed E-state index contributed by atoms with van der Waals surface area (Å²) in [5, 5.41) is 15.6. The highest BCUT2D eigenvalue weighted by Crippen LogP contribution is 2.06. The van der Waals surface area contributed by atoms with E-state index >= 15 is 0 Å². The van der Waals surface area contributed by atoms with Crippen molar-refractivity contribution in [3.05, 3.63) is 22.4 Å². The lowest BCUT2D eigenvalue weighted by molar-refractivity contribution is -0.139. The zero-order chi connectivity index (χ0) is 12.0. The first-order valence-corrected chi connectivity index (χ1v) is 5.74. The van der Waals surface area contributed by atoms with Gasteiger partial charge in [0, 0.05) is 11.4 Å². The van der Waals surface area contributed by atoms with Crippen molar-refractivity contribution in [3.8, 4) is 0 Å². The molecule has 16 heavy (non-hydrogen) atoms. The minimum absolute atomic E-state index is 0.0747. The van der Waals surface area contributed by atoms with E-state index in [1.807, 2.05) is 17.5 Å². The molecule has 5 nitrogen and oxygen atoms in total. The molecule has 1 aromatic heterocycles. The zero-order valence-electron chi connectivity index (χ0n) is 8.90. The van der Waals surface area contributed by atoms with Gasteiger partial charge < -0.3 is 15.7 Å². The van der Waals surface area contributed by atoms with E-state index in [0.29, 0.717) is 6.54 Å². The van der Waals surface area contributed by atoms with Gasteiger partial charge in [0.1, 0.15) is 0 Å². The molecule has 0 radical (unpaired) electrons. The summed E-state index contributed by atoms with van der Waals surface area (Å²) in [4.78, 5) is 23.4. The van der Waals surface area contributed by atoms with E-state index in [9.17, 15) is 9.59 Å². The number of carbonyl (C=O) groups is 2. The van der Waals surface area contributed by atoms with Crippen LogP contribution in [0.25, 0.3) is 0 Å². The van der Waals surface area contributed by atoms with E-state index in [0.717, 1.165) is 4.88 Å². The molecule has 1 rings (SSSR count).